The van der Waals surface area contributed by atoms with Gasteiger partial charge >= 0.3 is 0 Å². The Bertz CT molecular complexity index is 1100. The van der Waals surface area contributed by atoms with Crippen molar-refractivity contribution in [2.75, 3.05) is 43.6 Å². The van der Waals surface area contributed by atoms with E-state index in [9.17, 15) is 18.0 Å². The van der Waals surface area contributed by atoms with Crippen LogP contribution in [-0.2, 0) is 9.47 Å². The van der Waals surface area contributed by atoms with Gasteiger partial charge in [-0.05, 0) is 30.7 Å². The van der Waals surface area contributed by atoms with Gasteiger partial charge in [0.1, 0.15) is 5.82 Å². The molecule has 0 bridgehead atoms. The highest BCUT2D eigenvalue weighted by molar-refractivity contribution is 6.09. The van der Waals surface area contributed by atoms with Gasteiger partial charge in [-0.3, -0.25) is 4.79 Å². The van der Waals surface area contributed by atoms with Crippen molar-refractivity contribution in [1.29, 1.82) is 0 Å². The second-order valence-electron chi connectivity index (χ2n) is 7.35. The molecule has 0 aliphatic carbocycles. The van der Waals surface area contributed by atoms with Gasteiger partial charge in [0.2, 0.25) is 0 Å². The predicted molar refractivity (Wildman–Crippen MR) is 111 cm³/mol. The molecule has 0 saturated carbocycles. The maximum Gasteiger partial charge on any atom is 0.255 e. The van der Waals surface area contributed by atoms with E-state index < -0.39 is 23.4 Å². The van der Waals surface area contributed by atoms with Crippen LogP contribution in [0.1, 0.15) is 16.8 Å². The summed E-state index contributed by atoms with van der Waals surface area (Å²) in [5.74, 6) is -3.08. The summed E-state index contributed by atoms with van der Waals surface area (Å²) in [5.41, 5.74) is 1.13. The third-order valence-corrected chi connectivity index (χ3v) is 5.31. The van der Waals surface area contributed by atoms with Crippen LogP contribution in [0.5, 0.6) is 0 Å². The number of fused-ring (bicyclic) bond motifs is 1. The van der Waals surface area contributed by atoms with Crippen LogP contribution in [-0.4, -0.2) is 50.4 Å². The minimum absolute atomic E-state index is 0.00429. The van der Waals surface area contributed by atoms with E-state index in [1.54, 1.807) is 13.2 Å². The van der Waals surface area contributed by atoms with E-state index in [-0.39, 0.29) is 17.4 Å². The Labute approximate surface area is 176 Å². The molecule has 9 heteroatoms. The number of hydrogen-bond acceptors (Lipinski definition) is 4. The van der Waals surface area contributed by atoms with E-state index in [2.05, 4.69) is 10.3 Å². The number of carbonyl (C=O) groups excluding carboxylic acids is 1. The predicted octanol–water partition coefficient (Wildman–Crippen LogP) is 4.08. The number of benzene rings is 2. The van der Waals surface area contributed by atoms with Gasteiger partial charge in [-0.1, -0.05) is 0 Å². The van der Waals surface area contributed by atoms with Gasteiger partial charge in [-0.25, -0.2) is 13.2 Å². The molecule has 4 rings (SSSR count). The molecule has 0 radical (unpaired) electrons. The SMILES string of the molecule is COCCO[C@@H]1CCN(c2ccc(C(=O)Nc3c[nH]c4cc(F)c(F)cc34)cc2F)C1. The van der Waals surface area contributed by atoms with Crippen molar-refractivity contribution >= 4 is 28.2 Å². The van der Waals surface area contributed by atoms with E-state index in [0.29, 0.717) is 42.9 Å². The zero-order valence-electron chi connectivity index (χ0n) is 16.9. The molecule has 0 unspecified atom stereocenters. The Kier molecular flexibility index (Phi) is 6.15. The van der Waals surface area contributed by atoms with Gasteiger partial charge in [-0.2, -0.15) is 0 Å². The molecule has 1 aliphatic heterocycles. The average Bonchev–Trinajstić information content (AvgIpc) is 3.36. The normalized spacial score (nSPS) is 16.3. The average molecular weight is 433 g/mol. The van der Waals surface area contributed by atoms with Crippen molar-refractivity contribution in [3.05, 3.63) is 59.5 Å². The fourth-order valence-corrected chi connectivity index (χ4v) is 3.70. The second kappa shape index (κ2) is 8.99. The molecule has 1 fully saturated rings. The molecule has 2 aromatic carbocycles. The minimum atomic E-state index is -1.02. The third-order valence-electron chi connectivity index (χ3n) is 5.31. The maximum absolute atomic E-state index is 14.7. The van der Waals surface area contributed by atoms with Crippen molar-refractivity contribution < 1.29 is 27.4 Å². The number of H-pyrrole nitrogens is 1. The number of methoxy groups -OCH3 is 1. The largest absolute Gasteiger partial charge is 0.382 e. The first-order valence-electron chi connectivity index (χ1n) is 9.89. The summed E-state index contributed by atoms with van der Waals surface area (Å²) < 4.78 is 52.3. The number of halogens is 3. The molecule has 1 aliphatic rings. The first-order chi connectivity index (χ1) is 15.0. The smallest absolute Gasteiger partial charge is 0.255 e. The lowest BCUT2D eigenvalue weighted by molar-refractivity contribution is 0.0280. The Morgan fingerprint density at radius 1 is 1.16 bits per heavy atom. The van der Waals surface area contributed by atoms with Crippen molar-refractivity contribution in [3.8, 4) is 0 Å². The van der Waals surface area contributed by atoms with Crippen molar-refractivity contribution in [1.82, 2.24) is 4.98 Å². The number of anilines is 2. The molecule has 1 saturated heterocycles. The summed E-state index contributed by atoms with van der Waals surface area (Å²) in [6.45, 7) is 2.20. The first-order valence-corrected chi connectivity index (χ1v) is 9.89. The summed E-state index contributed by atoms with van der Waals surface area (Å²) in [4.78, 5) is 17.2. The van der Waals surface area contributed by atoms with E-state index in [1.165, 1.54) is 18.3 Å². The van der Waals surface area contributed by atoms with Crippen LogP contribution >= 0.6 is 0 Å². The van der Waals surface area contributed by atoms with Gasteiger partial charge in [-0.15, -0.1) is 0 Å². The fourth-order valence-electron chi connectivity index (χ4n) is 3.70. The monoisotopic (exact) mass is 433 g/mol. The van der Waals surface area contributed by atoms with E-state index in [1.807, 2.05) is 4.90 Å². The van der Waals surface area contributed by atoms with Crippen LogP contribution in [0.25, 0.3) is 10.9 Å². The summed E-state index contributed by atoms with van der Waals surface area (Å²) in [6.07, 6.45) is 2.22. The van der Waals surface area contributed by atoms with Crippen LogP contribution in [0.2, 0.25) is 0 Å². The number of hydrogen-bond donors (Lipinski definition) is 2. The number of nitrogens with one attached hydrogen (secondary N) is 2. The molecule has 164 valence electrons. The number of carbonyl (C=O) groups is 1. The summed E-state index contributed by atoms with van der Waals surface area (Å²) in [6, 6.07) is 6.27. The highest BCUT2D eigenvalue weighted by Gasteiger charge is 2.25. The lowest BCUT2D eigenvalue weighted by atomic mass is 10.1. The number of aromatic nitrogens is 1. The zero-order chi connectivity index (χ0) is 22.0. The molecule has 1 aromatic heterocycles. The fraction of sp³-hybridized carbons (Fsp3) is 0.318. The van der Waals surface area contributed by atoms with Gasteiger partial charge in [0, 0.05) is 43.4 Å². The van der Waals surface area contributed by atoms with E-state index in [4.69, 9.17) is 9.47 Å². The highest BCUT2D eigenvalue weighted by Crippen LogP contribution is 2.28. The molecule has 1 atom stereocenters. The lowest BCUT2D eigenvalue weighted by Crippen LogP contribution is -2.24. The summed E-state index contributed by atoms with van der Waals surface area (Å²) in [7, 11) is 1.61. The van der Waals surface area contributed by atoms with Crippen LogP contribution < -0.4 is 10.2 Å². The van der Waals surface area contributed by atoms with Crippen LogP contribution in [0.3, 0.4) is 0 Å². The maximum atomic E-state index is 14.7. The van der Waals surface area contributed by atoms with Gasteiger partial charge in [0.25, 0.3) is 5.91 Å². The van der Waals surface area contributed by atoms with Gasteiger partial charge in [0.15, 0.2) is 11.6 Å². The lowest BCUT2D eigenvalue weighted by Gasteiger charge is -2.20. The zero-order valence-corrected chi connectivity index (χ0v) is 16.9. The number of nitrogens with zero attached hydrogens (tertiary/aromatic N) is 1. The Morgan fingerprint density at radius 3 is 2.74 bits per heavy atom. The second-order valence-corrected chi connectivity index (χ2v) is 7.35. The molecular weight excluding hydrogens is 411 g/mol. The van der Waals surface area contributed by atoms with Crippen LogP contribution in [0, 0.1) is 17.5 Å². The third kappa shape index (κ3) is 4.52. The molecule has 31 heavy (non-hydrogen) atoms. The van der Waals surface area contributed by atoms with Crippen LogP contribution in [0.4, 0.5) is 24.5 Å². The molecule has 6 nitrogen and oxygen atoms in total. The number of aromatic amines is 1. The molecule has 1 amide bonds. The van der Waals surface area contributed by atoms with Crippen LogP contribution in [0.15, 0.2) is 36.5 Å². The van der Waals surface area contributed by atoms with Crippen molar-refractivity contribution in [3.63, 3.8) is 0 Å². The van der Waals surface area contributed by atoms with E-state index in [0.717, 1.165) is 18.6 Å². The number of rotatable bonds is 7. The first kappa shape index (κ1) is 21.2. The van der Waals surface area contributed by atoms with E-state index >= 15 is 0 Å². The Morgan fingerprint density at radius 2 is 1.97 bits per heavy atom. The quantitative estimate of drug-likeness (QED) is 0.551. The molecular formula is C22H22F3N3O3. The standard InChI is InChI=1S/C22H22F3N3O3/c1-30-6-7-31-14-4-5-28(12-14)21-3-2-13(8-18(21)25)22(29)27-20-11-26-19-10-17(24)16(23)9-15(19)20/h2-3,8-11,14,26H,4-7,12H2,1H3,(H,27,29)/t14-/m1/s1. The molecule has 0 spiro atoms. The van der Waals surface area contributed by atoms with Gasteiger partial charge in [0.05, 0.1) is 36.2 Å². The molecule has 3 aromatic rings. The Hall–Kier alpha value is -3.04. The summed E-state index contributed by atoms with van der Waals surface area (Å²) in [5, 5.41) is 2.93. The Balaban J connectivity index is 1.45. The highest BCUT2D eigenvalue weighted by atomic mass is 19.2. The van der Waals surface area contributed by atoms with Crippen molar-refractivity contribution in [2.24, 2.45) is 0 Å². The van der Waals surface area contributed by atoms with Crippen molar-refractivity contribution in [2.45, 2.75) is 12.5 Å². The van der Waals surface area contributed by atoms with Gasteiger partial charge < -0.3 is 24.7 Å². The number of amides is 1. The molecule has 2 N–H and O–H groups in total. The minimum Gasteiger partial charge on any atom is -0.382 e. The summed E-state index contributed by atoms with van der Waals surface area (Å²) >= 11 is 0. The topological polar surface area (TPSA) is 66.6 Å². The number of ether oxygens (including phenoxy) is 2. The molecule has 2 heterocycles.